The van der Waals surface area contributed by atoms with Gasteiger partial charge in [0.1, 0.15) is 18.5 Å². The molecule has 0 amide bonds. The monoisotopic (exact) mass is 262 g/mol. The van der Waals surface area contributed by atoms with Gasteiger partial charge in [-0.15, -0.1) is 0 Å². The average Bonchev–Trinajstić information content (AvgIpc) is 2.45. The first-order valence-corrected chi connectivity index (χ1v) is 7.11. The van der Waals surface area contributed by atoms with Gasteiger partial charge in [-0.3, -0.25) is 0 Å². The lowest BCUT2D eigenvalue weighted by Gasteiger charge is -2.30. The van der Waals surface area contributed by atoms with Crippen LogP contribution in [-0.4, -0.2) is 50.9 Å². The van der Waals surface area contributed by atoms with Crippen LogP contribution in [0.2, 0.25) is 0 Å². The topological polar surface area (TPSA) is 33.7 Å². The molecule has 2 heterocycles. The Morgan fingerprint density at radius 1 is 1.47 bits per heavy atom. The Kier molecular flexibility index (Phi) is 3.89. The van der Waals surface area contributed by atoms with Gasteiger partial charge >= 0.3 is 0 Å². The minimum absolute atomic E-state index is 0.186. The molecule has 4 heteroatoms. The van der Waals surface area contributed by atoms with Crippen molar-refractivity contribution in [2.45, 2.75) is 18.9 Å². The Bertz CT molecular complexity index is 436. The number of hydrogen-bond acceptors (Lipinski definition) is 4. The van der Waals surface area contributed by atoms with Crippen LogP contribution in [0, 0.1) is 0 Å². The molecule has 1 saturated heterocycles. The van der Waals surface area contributed by atoms with E-state index in [4.69, 9.17) is 9.47 Å². The average molecular weight is 262 g/mol. The molecule has 2 aliphatic rings. The zero-order valence-electron chi connectivity index (χ0n) is 11.5. The van der Waals surface area contributed by atoms with Gasteiger partial charge in [-0.1, -0.05) is 6.07 Å². The van der Waals surface area contributed by atoms with Gasteiger partial charge in [0, 0.05) is 30.9 Å². The highest BCUT2D eigenvalue weighted by atomic mass is 16.5. The van der Waals surface area contributed by atoms with Crippen molar-refractivity contribution >= 4 is 5.69 Å². The van der Waals surface area contributed by atoms with E-state index in [1.807, 2.05) is 0 Å². The number of hydrogen-bond donors (Lipinski definition) is 1. The summed E-state index contributed by atoms with van der Waals surface area (Å²) in [5.41, 5.74) is 2.54. The van der Waals surface area contributed by atoms with E-state index in [2.05, 4.69) is 35.5 Å². The minimum atomic E-state index is 0.186. The summed E-state index contributed by atoms with van der Waals surface area (Å²) in [5.74, 6) is 1.02. The van der Waals surface area contributed by atoms with Gasteiger partial charge in [0.05, 0.1) is 6.61 Å². The van der Waals surface area contributed by atoms with Crippen LogP contribution in [0.25, 0.3) is 0 Å². The van der Waals surface area contributed by atoms with Crippen molar-refractivity contribution < 1.29 is 9.47 Å². The summed E-state index contributed by atoms with van der Waals surface area (Å²) in [7, 11) is 2.13. The molecule has 2 aliphatic heterocycles. The predicted molar refractivity (Wildman–Crippen MR) is 76.0 cm³/mol. The lowest BCUT2D eigenvalue weighted by Crippen LogP contribution is -2.42. The largest absolute Gasteiger partial charge is 0.490 e. The molecular weight excluding hydrogens is 240 g/mol. The Morgan fingerprint density at radius 2 is 2.42 bits per heavy atom. The van der Waals surface area contributed by atoms with Crippen molar-refractivity contribution in [3.63, 3.8) is 0 Å². The number of anilines is 1. The van der Waals surface area contributed by atoms with E-state index in [1.54, 1.807) is 0 Å². The zero-order chi connectivity index (χ0) is 13.1. The number of rotatable bonds is 3. The maximum atomic E-state index is 6.00. The van der Waals surface area contributed by atoms with Crippen LogP contribution in [0.5, 0.6) is 5.75 Å². The highest BCUT2D eigenvalue weighted by Crippen LogP contribution is 2.30. The molecule has 19 heavy (non-hydrogen) atoms. The lowest BCUT2D eigenvalue weighted by molar-refractivity contribution is -0.0404. The first kappa shape index (κ1) is 12.8. The summed E-state index contributed by atoms with van der Waals surface area (Å²) in [4.78, 5) is 2.29. The summed E-state index contributed by atoms with van der Waals surface area (Å²) < 4.78 is 11.7. The molecule has 1 fully saturated rings. The molecule has 1 N–H and O–H groups in total. The van der Waals surface area contributed by atoms with Crippen molar-refractivity contribution in [1.29, 1.82) is 0 Å². The fourth-order valence-electron chi connectivity index (χ4n) is 2.76. The quantitative estimate of drug-likeness (QED) is 0.900. The van der Waals surface area contributed by atoms with Crippen LogP contribution in [0.15, 0.2) is 18.2 Å². The number of nitrogens with one attached hydrogen (secondary N) is 1. The van der Waals surface area contributed by atoms with Crippen molar-refractivity contribution in [2.75, 3.05) is 45.2 Å². The molecule has 0 aromatic heterocycles. The first-order chi connectivity index (χ1) is 9.33. The number of fused-ring (bicyclic) bond motifs is 1. The van der Waals surface area contributed by atoms with E-state index >= 15 is 0 Å². The summed E-state index contributed by atoms with van der Waals surface area (Å²) >= 11 is 0. The molecule has 4 nitrogen and oxygen atoms in total. The maximum absolute atomic E-state index is 6.00. The van der Waals surface area contributed by atoms with Crippen LogP contribution in [0.1, 0.15) is 12.0 Å². The smallest absolute Gasteiger partial charge is 0.124 e. The number of nitrogens with zero attached hydrogens (tertiary/aromatic N) is 1. The van der Waals surface area contributed by atoms with E-state index in [-0.39, 0.29) is 6.10 Å². The van der Waals surface area contributed by atoms with Crippen molar-refractivity contribution in [2.24, 2.45) is 0 Å². The molecule has 0 spiro atoms. The molecule has 1 aromatic rings. The van der Waals surface area contributed by atoms with Crippen LogP contribution >= 0.6 is 0 Å². The molecular formula is C15H22N2O2. The summed E-state index contributed by atoms with van der Waals surface area (Å²) in [6.45, 7) is 4.47. The van der Waals surface area contributed by atoms with E-state index in [0.29, 0.717) is 6.61 Å². The predicted octanol–water partition coefficient (Wildman–Crippen LogP) is 1.75. The first-order valence-electron chi connectivity index (χ1n) is 7.11. The van der Waals surface area contributed by atoms with Gasteiger partial charge in [0.15, 0.2) is 0 Å². The van der Waals surface area contributed by atoms with Crippen LogP contribution in [-0.2, 0) is 11.2 Å². The normalized spacial score (nSPS) is 23.5. The fourth-order valence-corrected chi connectivity index (χ4v) is 2.76. The molecule has 0 saturated carbocycles. The third-order valence-electron chi connectivity index (χ3n) is 3.82. The second kappa shape index (κ2) is 5.80. The second-order valence-electron chi connectivity index (χ2n) is 5.38. The third kappa shape index (κ3) is 3.01. The van der Waals surface area contributed by atoms with Gasteiger partial charge in [-0.25, -0.2) is 0 Å². The van der Waals surface area contributed by atoms with Gasteiger partial charge in [0.2, 0.25) is 0 Å². The minimum Gasteiger partial charge on any atom is -0.490 e. The summed E-state index contributed by atoms with van der Waals surface area (Å²) in [6.07, 6.45) is 2.46. The highest BCUT2D eigenvalue weighted by molar-refractivity contribution is 5.59. The second-order valence-corrected chi connectivity index (χ2v) is 5.38. The Labute approximate surface area is 114 Å². The summed E-state index contributed by atoms with van der Waals surface area (Å²) in [5, 5.41) is 3.43. The molecule has 1 aromatic carbocycles. The van der Waals surface area contributed by atoms with E-state index in [9.17, 15) is 0 Å². The van der Waals surface area contributed by atoms with Crippen molar-refractivity contribution in [3.05, 3.63) is 23.8 Å². The van der Waals surface area contributed by atoms with Gasteiger partial charge in [-0.05, 0) is 32.0 Å². The van der Waals surface area contributed by atoms with Gasteiger partial charge in [-0.2, -0.15) is 0 Å². The SMILES string of the molecule is CN1CCOC(COc2cccc3c2CCCN3)C1. The molecule has 3 rings (SSSR count). The fraction of sp³-hybridized carbons (Fsp3) is 0.600. The molecule has 1 unspecified atom stereocenters. The van der Waals surface area contributed by atoms with E-state index in [1.165, 1.54) is 17.7 Å². The maximum Gasteiger partial charge on any atom is 0.124 e. The van der Waals surface area contributed by atoms with Crippen LogP contribution in [0.4, 0.5) is 5.69 Å². The lowest BCUT2D eigenvalue weighted by atomic mass is 10.0. The van der Waals surface area contributed by atoms with Gasteiger partial charge in [0.25, 0.3) is 0 Å². The van der Waals surface area contributed by atoms with Crippen LogP contribution in [0.3, 0.4) is 0 Å². The van der Waals surface area contributed by atoms with E-state index < -0.39 is 0 Å². The number of benzene rings is 1. The Balaban J connectivity index is 1.63. The molecule has 104 valence electrons. The van der Waals surface area contributed by atoms with E-state index in [0.717, 1.165) is 38.4 Å². The van der Waals surface area contributed by atoms with Crippen molar-refractivity contribution in [1.82, 2.24) is 4.90 Å². The molecule has 0 radical (unpaired) electrons. The summed E-state index contributed by atoms with van der Waals surface area (Å²) in [6, 6.07) is 6.25. The molecule has 0 bridgehead atoms. The molecule has 1 atom stereocenters. The Hall–Kier alpha value is -1.26. The van der Waals surface area contributed by atoms with Crippen LogP contribution < -0.4 is 10.1 Å². The van der Waals surface area contributed by atoms with Gasteiger partial charge < -0.3 is 19.7 Å². The standard InChI is InChI=1S/C15H22N2O2/c1-17-8-9-18-12(10-17)11-19-15-6-2-5-14-13(15)4-3-7-16-14/h2,5-6,12,16H,3-4,7-11H2,1H3. The van der Waals surface area contributed by atoms with Crippen molar-refractivity contribution in [3.8, 4) is 5.75 Å². The third-order valence-corrected chi connectivity index (χ3v) is 3.82. The Morgan fingerprint density at radius 3 is 3.32 bits per heavy atom. The molecule has 0 aliphatic carbocycles. The number of ether oxygens (including phenoxy) is 2. The number of morpholine rings is 1. The highest BCUT2D eigenvalue weighted by Gasteiger charge is 2.19. The number of likely N-dealkylation sites (N-methyl/N-ethyl adjacent to an activating group) is 1. The zero-order valence-corrected chi connectivity index (χ0v) is 11.5.